The molecular weight excluding hydrogens is 255 g/mol. The Labute approximate surface area is 90.7 Å². The number of rotatable bonds is 1. The Morgan fingerprint density at radius 3 is 2.38 bits per heavy atom. The van der Waals surface area contributed by atoms with Crippen LogP contribution in [0.3, 0.4) is 0 Å². The van der Waals surface area contributed by atoms with E-state index >= 15 is 0 Å². The van der Waals surface area contributed by atoms with Crippen molar-refractivity contribution in [1.29, 1.82) is 0 Å². The Morgan fingerprint density at radius 1 is 1.46 bits per heavy atom. The second kappa shape index (κ2) is 6.00. The van der Waals surface area contributed by atoms with Gasteiger partial charge in [0.1, 0.15) is 0 Å². The lowest BCUT2D eigenvalue weighted by atomic mass is 10.2. The molecule has 0 fully saturated rings. The van der Waals surface area contributed by atoms with Crippen molar-refractivity contribution in [2.75, 3.05) is 0 Å². The average Bonchev–Trinajstić information content (AvgIpc) is 2.13. The number of hydrogen-bond acceptors (Lipinski definition) is 1. The van der Waals surface area contributed by atoms with Gasteiger partial charge in [-0.3, -0.25) is 0 Å². The SMILES string of the molecule is CC.O=C(O)c1ccc(Cl)c(Br)c1. The van der Waals surface area contributed by atoms with E-state index in [1.54, 1.807) is 0 Å². The number of hydrogen-bond donors (Lipinski definition) is 1. The first-order valence-electron chi connectivity index (χ1n) is 3.79. The molecule has 1 aromatic rings. The third kappa shape index (κ3) is 3.79. The van der Waals surface area contributed by atoms with E-state index in [9.17, 15) is 4.79 Å². The van der Waals surface area contributed by atoms with E-state index in [1.807, 2.05) is 13.8 Å². The lowest BCUT2D eigenvalue weighted by molar-refractivity contribution is 0.0697. The van der Waals surface area contributed by atoms with Crippen LogP contribution in [0.4, 0.5) is 0 Å². The lowest BCUT2D eigenvalue weighted by Gasteiger charge is -1.96. The summed E-state index contributed by atoms with van der Waals surface area (Å²) in [6.07, 6.45) is 0. The van der Waals surface area contributed by atoms with Gasteiger partial charge < -0.3 is 5.11 Å². The molecule has 0 radical (unpaired) electrons. The van der Waals surface area contributed by atoms with Crippen molar-refractivity contribution in [3.63, 3.8) is 0 Å². The Bertz CT molecular complexity index is 300. The summed E-state index contributed by atoms with van der Waals surface area (Å²) in [5, 5.41) is 9.05. The van der Waals surface area contributed by atoms with Gasteiger partial charge in [0.15, 0.2) is 0 Å². The Balaban J connectivity index is 0.000000671. The van der Waals surface area contributed by atoms with Crippen LogP contribution in [-0.2, 0) is 0 Å². The molecule has 0 saturated carbocycles. The Hall–Kier alpha value is -0.540. The predicted molar refractivity (Wildman–Crippen MR) is 57.5 cm³/mol. The van der Waals surface area contributed by atoms with Crippen molar-refractivity contribution in [3.8, 4) is 0 Å². The van der Waals surface area contributed by atoms with E-state index in [0.717, 1.165) is 0 Å². The molecular formula is C9H10BrClO2. The second-order valence-electron chi connectivity index (χ2n) is 1.93. The van der Waals surface area contributed by atoms with Crippen LogP contribution >= 0.6 is 27.5 Å². The standard InChI is InChI=1S/C7H4BrClO2.C2H6/c8-5-3-4(7(10)11)1-2-6(5)9;1-2/h1-3H,(H,10,11);1-2H3. The first-order valence-corrected chi connectivity index (χ1v) is 4.96. The van der Waals surface area contributed by atoms with Gasteiger partial charge in [0, 0.05) is 4.47 Å². The maximum atomic E-state index is 10.4. The molecule has 1 rings (SSSR count). The van der Waals surface area contributed by atoms with E-state index in [4.69, 9.17) is 16.7 Å². The first-order chi connectivity index (χ1) is 6.11. The molecule has 0 bridgehead atoms. The summed E-state index contributed by atoms with van der Waals surface area (Å²) in [5.74, 6) is -0.956. The highest BCUT2D eigenvalue weighted by Crippen LogP contribution is 2.22. The van der Waals surface area contributed by atoms with Gasteiger partial charge in [0.2, 0.25) is 0 Å². The normalized spacial score (nSPS) is 8.62. The molecule has 0 amide bonds. The van der Waals surface area contributed by atoms with Crippen LogP contribution in [0, 0.1) is 0 Å². The maximum Gasteiger partial charge on any atom is 0.335 e. The number of benzene rings is 1. The zero-order valence-corrected chi connectivity index (χ0v) is 9.69. The van der Waals surface area contributed by atoms with E-state index in [2.05, 4.69) is 15.9 Å². The van der Waals surface area contributed by atoms with Gasteiger partial charge in [-0.1, -0.05) is 25.4 Å². The van der Waals surface area contributed by atoms with Gasteiger partial charge >= 0.3 is 5.97 Å². The molecule has 1 aromatic carbocycles. The number of halogens is 2. The topological polar surface area (TPSA) is 37.3 Å². The van der Waals surface area contributed by atoms with Crippen molar-refractivity contribution >= 4 is 33.5 Å². The van der Waals surface area contributed by atoms with Crippen LogP contribution in [0.15, 0.2) is 22.7 Å². The van der Waals surface area contributed by atoms with Crippen molar-refractivity contribution in [3.05, 3.63) is 33.3 Å². The molecule has 0 saturated heterocycles. The van der Waals surface area contributed by atoms with Crippen LogP contribution in [-0.4, -0.2) is 11.1 Å². The molecule has 0 aromatic heterocycles. The van der Waals surface area contributed by atoms with Crippen molar-refractivity contribution in [2.45, 2.75) is 13.8 Å². The smallest absolute Gasteiger partial charge is 0.335 e. The molecule has 13 heavy (non-hydrogen) atoms. The molecule has 0 spiro atoms. The fourth-order valence-electron chi connectivity index (χ4n) is 0.629. The largest absolute Gasteiger partial charge is 0.478 e. The molecule has 0 atom stereocenters. The van der Waals surface area contributed by atoms with E-state index < -0.39 is 5.97 Å². The zero-order valence-electron chi connectivity index (χ0n) is 7.34. The Morgan fingerprint density at radius 2 is 2.00 bits per heavy atom. The highest BCUT2D eigenvalue weighted by Gasteiger charge is 2.04. The van der Waals surface area contributed by atoms with Gasteiger partial charge in [-0.25, -0.2) is 4.79 Å². The third-order valence-electron chi connectivity index (χ3n) is 1.17. The molecule has 0 heterocycles. The van der Waals surface area contributed by atoms with Gasteiger partial charge in [0.05, 0.1) is 10.6 Å². The molecule has 0 aliphatic heterocycles. The minimum absolute atomic E-state index is 0.223. The monoisotopic (exact) mass is 264 g/mol. The molecule has 0 aliphatic rings. The highest BCUT2D eigenvalue weighted by atomic mass is 79.9. The van der Waals surface area contributed by atoms with Crippen molar-refractivity contribution < 1.29 is 9.90 Å². The minimum Gasteiger partial charge on any atom is -0.478 e. The summed E-state index contributed by atoms with van der Waals surface area (Å²) in [7, 11) is 0. The van der Waals surface area contributed by atoms with Gasteiger partial charge in [-0.15, -0.1) is 0 Å². The number of carbonyl (C=O) groups is 1. The van der Waals surface area contributed by atoms with Gasteiger partial charge in [-0.2, -0.15) is 0 Å². The minimum atomic E-state index is -0.956. The van der Waals surface area contributed by atoms with Crippen LogP contribution in [0.5, 0.6) is 0 Å². The zero-order chi connectivity index (χ0) is 10.4. The van der Waals surface area contributed by atoms with Crippen molar-refractivity contribution in [1.82, 2.24) is 0 Å². The fourth-order valence-corrected chi connectivity index (χ4v) is 1.13. The first kappa shape index (κ1) is 12.5. The number of carboxylic acid groups (broad SMARTS) is 1. The quantitative estimate of drug-likeness (QED) is 0.838. The van der Waals surface area contributed by atoms with Crippen molar-refractivity contribution in [2.24, 2.45) is 0 Å². The number of carboxylic acids is 1. The summed E-state index contributed by atoms with van der Waals surface area (Å²) >= 11 is 8.76. The van der Waals surface area contributed by atoms with Crippen LogP contribution in [0.25, 0.3) is 0 Å². The molecule has 2 nitrogen and oxygen atoms in total. The third-order valence-corrected chi connectivity index (χ3v) is 2.38. The predicted octanol–water partition coefficient (Wildman–Crippen LogP) is 3.83. The summed E-state index contributed by atoms with van der Waals surface area (Å²) in [6, 6.07) is 4.45. The maximum absolute atomic E-state index is 10.4. The van der Waals surface area contributed by atoms with E-state index in [-0.39, 0.29) is 5.56 Å². The second-order valence-corrected chi connectivity index (χ2v) is 3.20. The summed E-state index contributed by atoms with van der Waals surface area (Å²) < 4.78 is 0.596. The van der Waals surface area contributed by atoms with Crippen LogP contribution < -0.4 is 0 Å². The lowest BCUT2D eigenvalue weighted by Crippen LogP contribution is -1.94. The summed E-state index contributed by atoms with van der Waals surface area (Å²) in [4.78, 5) is 10.4. The highest BCUT2D eigenvalue weighted by molar-refractivity contribution is 9.10. The van der Waals surface area contributed by atoms with E-state index in [1.165, 1.54) is 18.2 Å². The Kier molecular flexibility index (Phi) is 5.75. The molecule has 4 heteroatoms. The average molecular weight is 266 g/mol. The number of aromatic carboxylic acids is 1. The summed E-state index contributed by atoms with van der Waals surface area (Å²) in [6.45, 7) is 4.00. The van der Waals surface area contributed by atoms with Crippen LogP contribution in [0.2, 0.25) is 5.02 Å². The molecule has 0 aliphatic carbocycles. The van der Waals surface area contributed by atoms with Gasteiger partial charge in [-0.05, 0) is 34.1 Å². The molecule has 72 valence electrons. The summed E-state index contributed by atoms with van der Waals surface area (Å²) in [5.41, 5.74) is 0.223. The molecule has 0 unspecified atom stereocenters. The molecule has 1 N–H and O–H groups in total. The van der Waals surface area contributed by atoms with Crippen LogP contribution in [0.1, 0.15) is 24.2 Å². The van der Waals surface area contributed by atoms with E-state index in [0.29, 0.717) is 9.50 Å². The fraction of sp³-hybridized carbons (Fsp3) is 0.222. The van der Waals surface area contributed by atoms with Gasteiger partial charge in [0.25, 0.3) is 0 Å².